The summed E-state index contributed by atoms with van der Waals surface area (Å²) in [6.45, 7) is 3.94. The maximum Gasteiger partial charge on any atom is 0.336 e. The maximum absolute atomic E-state index is 12.3. The highest BCUT2D eigenvalue weighted by molar-refractivity contribution is 5.98. The Morgan fingerprint density at radius 2 is 1.93 bits per heavy atom. The number of unbranched alkanes of at least 4 members (excludes halogenated alkanes) is 1. The van der Waals surface area contributed by atoms with Crippen molar-refractivity contribution in [3.05, 3.63) is 40.2 Å². The summed E-state index contributed by atoms with van der Waals surface area (Å²) < 4.78 is 5.17. The first-order valence-corrected chi connectivity index (χ1v) is 8.93. The fourth-order valence-corrected chi connectivity index (χ4v) is 2.68. The Labute approximate surface area is 157 Å². The molecule has 146 valence electrons. The third-order valence-electron chi connectivity index (χ3n) is 4.28. The lowest BCUT2D eigenvalue weighted by Crippen LogP contribution is -2.48. The molecular formula is C19H26N4O4. The van der Waals surface area contributed by atoms with Crippen LogP contribution >= 0.6 is 0 Å². The van der Waals surface area contributed by atoms with Gasteiger partial charge in [0.2, 0.25) is 11.8 Å². The van der Waals surface area contributed by atoms with Crippen molar-refractivity contribution in [2.45, 2.75) is 45.2 Å². The molecule has 2 rings (SSSR count). The van der Waals surface area contributed by atoms with Crippen LogP contribution in [0, 0.1) is 6.92 Å². The molecule has 0 saturated carbocycles. The van der Waals surface area contributed by atoms with Crippen molar-refractivity contribution < 1.29 is 14.0 Å². The van der Waals surface area contributed by atoms with Gasteiger partial charge in [0.1, 0.15) is 11.6 Å². The standard InChI is InChI=1S/C19H26N4O4/c1-11-9-17(24)27-16-10-13(6-7-14(11)16)23-18(25)12(2)22-19(26)15(21)5-3-4-8-20/h6-7,9-10,12,15H,3-5,8,20-21H2,1-2H3,(H,22,26)(H,23,25)/t12-,15-/m0/s1. The first kappa shape index (κ1) is 20.6. The van der Waals surface area contributed by atoms with Crippen LogP contribution in [0.4, 0.5) is 5.69 Å². The lowest BCUT2D eigenvalue weighted by molar-refractivity contribution is -0.127. The molecule has 2 amide bonds. The zero-order chi connectivity index (χ0) is 20.0. The normalized spacial score (nSPS) is 13.2. The Bertz CT molecular complexity index is 878. The molecule has 1 aromatic carbocycles. The van der Waals surface area contributed by atoms with Crippen LogP contribution in [0.1, 0.15) is 31.7 Å². The van der Waals surface area contributed by atoms with Crippen LogP contribution < -0.4 is 27.7 Å². The minimum absolute atomic E-state index is 0.380. The van der Waals surface area contributed by atoms with Gasteiger partial charge in [0.05, 0.1) is 6.04 Å². The fourth-order valence-electron chi connectivity index (χ4n) is 2.68. The average molecular weight is 374 g/mol. The van der Waals surface area contributed by atoms with Gasteiger partial charge in [-0.1, -0.05) is 6.42 Å². The third-order valence-corrected chi connectivity index (χ3v) is 4.28. The van der Waals surface area contributed by atoms with E-state index in [2.05, 4.69) is 10.6 Å². The number of rotatable bonds is 8. The predicted octanol–water partition coefficient (Wildman–Crippen LogP) is 1.00. The molecule has 0 radical (unpaired) electrons. The Morgan fingerprint density at radius 3 is 2.63 bits per heavy atom. The SMILES string of the molecule is Cc1cc(=O)oc2cc(NC(=O)[C@H](C)NC(=O)[C@@H](N)CCCCN)ccc12. The van der Waals surface area contributed by atoms with Crippen LogP contribution in [0.15, 0.2) is 33.5 Å². The maximum atomic E-state index is 12.3. The van der Waals surface area contributed by atoms with Gasteiger partial charge in [-0.25, -0.2) is 4.79 Å². The fraction of sp³-hybridized carbons (Fsp3) is 0.421. The van der Waals surface area contributed by atoms with Crippen molar-refractivity contribution in [3.8, 4) is 0 Å². The van der Waals surface area contributed by atoms with Gasteiger partial charge in [-0.05, 0) is 50.9 Å². The van der Waals surface area contributed by atoms with E-state index in [0.29, 0.717) is 24.2 Å². The van der Waals surface area contributed by atoms with Gasteiger partial charge in [0.25, 0.3) is 0 Å². The summed E-state index contributed by atoms with van der Waals surface area (Å²) in [6.07, 6.45) is 2.07. The van der Waals surface area contributed by atoms with Crippen molar-refractivity contribution in [1.82, 2.24) is 5.32 Å². The van der Waals surface area contributed by atoms with Gasteiger partial charge in [-0.2, -0.15) is 0 Å². The Balaban J connectivity index is 1.98. The summed E-state index contributed by atoms with van der Waals surface area (Å²) in [5.41, 5.74) is 12.4. The van der Waals surface area contributed by atoms with Crippen LogP contribution in [0.5, 0.6) is 0 Å². The first-order chi connectivity index (χ1) is 12.8. The number of nitrogens with two attached hydrogens (primary N) is 2. The highest BCUT2D eigenvalue weighted by Gasteiger charge is 2.20. The molecule has 0 spiro atoms. The van der Waals surface area contributed by atoms with E-state index in [9.17, 15) is 14.4 Å². The zero-order valence-electron chi connectivity index (χ0n) is 15.6. The summed E-state index contributed by atoms with van der Waals surface area (Å²) in [6, 6.07) is 5.02. The van der Waals surface area contributed by atoms with Gasteiger partial charge < -0.3 is 26.5 Å². The molecule has 0 fully saturated rings. The minimum Gasteiger partial charge on any atom is -0.423 e. The molecule has 0 aliphatic rings. The molecule has 0 aliphatic carbocycles. The zero-order valence-corrected chi connectivity index (χ0v) is 15.6. The lowest BCUT2D eigenvalue weighted by atomic mass is 10.1. The van der Waals surface area contributed by atoms with Crippen molar-refractivity contribution in [1.29, 1.82) is 0 Å². The number of amides is 2. The number of nitrogens with one attached hydrogen (secondary N) is 2. The number of fused-ring (bicyclic) bond motifs is 1. The van der Waals surface area contributed by atoms with Crippen molar-refractivity contribution in [2.75, 3.05) is 11.9 Å². The van der Waals surface area contributed by atoms with Gasteiger partial charge >= 0.3 is 5.63 Å². The Hall–Kier alpha value is -2.71. The van der Waals surface area contributed by atoms with E-state index in [0.717, 1.165) is 23.8 Å². The smallest absolute Gasteiger partial charge is 0.336 e. The number of aryl methyl sites for hydroxylation is 1. The number of hydrogen-bond donors (Lipinski definition) is 4. The topological polar surface area (TPSA) is 140 Å². The second-order valence-corrected chi connectivity index (χ2v) is 6.57. The highest BCUT2D eigenvalue weighted by atomic mass is 16.4. The molecule has 6 N–H and O–H groups in total. The number of anilines is 1. The molecule has 2 aromatic rings. The van der Waals surface area contributed by atoms with Gasteiger partial charge in [-0.15, -0.1) is 0 Å². The lowest BCUT2D eigenvalue weighted by Gasteiger charge is -2.17. The van der Waals surface area contributed by atoms with Crippen LogP contribution in [0.3, 0.4) is 0 Å². The van der Waals surface area contributed by atoms with Crippen molar-refractivity contribution >= 4 is 28.5 Å². The molecule has 27 heavy (non-hydrogen) atoms. The molecule has 0 bridgehead atoms. The largest absolute Gasteiger partial charge is 0.423 e. The van der Waals surface area contributed by atoms with E-state index < -0.39 is 23.6 Å². The second kappa shape index (κ2) is 9.29. The van der Waals surface area contributed by atoms with E-state index in [4.69, 9.17) is 15.9 Å². The number of hydrogen-bond acceptors (Lipinski definition) is 6. The van der Waals surface area contributed by atoms with Gasteiger partial charge in [0, 0.05) is 23.2 Å². The number of benzene rings is 1. The molecular weight excluding hydrogens is 348 g/mol. The van der Waals surface area contributed by atoms with Crippen molar-refractivity contribution in [3.63, 3.8) is 0 Å². The van der Waals surface area contributed by atoms with E-state index in [-0.39, 0.29) is 5.91 Å². The molecule has 2 atom stereocenters. The van der Waals surface area contributed by atoms with Crippen LogP contribution in [0.2, 0.25) is 0 Å². The molecule has 1 aromatic heterocycles. The summed E-state index contributed by atoms with van der Waals surface area (Å²) >= 11 is 0. The average Bonchev–Trinajstić information content (AvgIpc) is 2.61. The summed E-state index contributed by atoms with van der Waals surface area (Å²) in [4.78, 5) is 35.9. The van der Waals surface area contributed by atoms with Crippen LogP contribution in [0.25, 0.3) is 11.0 Å². The van der Waals surface area contributed by atoms with Gasteiger partial charge in [0.15, 0.2) is 0 Å². The molecule has 0 aliphatic heterocycles. The third kappa shape index (κ3) is 5.63. The van der Waals surface area contributed by atoms with E-state index in [1.807, 2.05) is 6.92 Å². The van der Waals surface area contributed by atoms with Crippen molar-refractivity contribution in [2.24, 2.45) is 11.5 Å². The van der Waals surface area contributed by atoms with Crippen LogP contribution in [-0.2, 0) is 9.59 Å². The van der Waals surface area contributed by atoms with Crippen LogP contribution in [-0.4, -0.2) is 30.4 Å². The molecule has 1 heterocycles. The molecule has 8 heteroatoms. The summed E-state index contributed by atoms with van der Waals surface area (Å²) in [5.74, 6) is -0.776. The number of carbonyl (C=O) groups is 2. The first-order valence-electron chi connectivity index (χ1n) is 8.93. The second-order valence-electron chi connectivity index (χ2n) is 6.57. The summed E-state index contributed by atoms with van der Waals surface area (Å²) in [5, 5.41) is 6.09. The quantitative estimate of drug-likeness (QED) is 0.401. The highest BCUT2D eigenvalue weighted by Crippen LogP contribution is 2.20. The Morgan fingerprint density at radius 1 is 1.19 bits per heavy atom. The Kier molecular flexibility index (Phi) is 7.09. The minimum atomic E-state index is -0.765. The van der Waals surface area contributed by atoms with E-state index in [1.54, 1.807) is 25.1 Å². The molecule has 8 nitrogen and oxygen atoms in total. The number of carbonyl (C=O) groups excluding carboxylic acids is 2. The molecule has 0 saturated heterocycles. The van der Waals surface area contributed by atoms with E-state index in [1.165, 1.54) is 6.07 Å². The molecule has 0 unspecified atom stereocenters. The van der Waals surface area contributed by atoms with Gasteiger partial charge in [-0.3, -0.25) is 9.59 Å². The van der Waals surface area contributed by atoms with E-state index >= 15 is 0 Å². The summed E-state index contributed by atoms with van der Waals surface area (Å²) in [7, 11) is 0. The predicted molar refractivity (Wildman–Crippen MR) is 104 cm³/mol. The monoisotopic (exact) mass is 374 g/mol.